The van der Waals surface area contributed by atoms with Crippen LogP contribution in [0.2, 0.25) is 0 Å². The summed E-state index contributed by atoms with van der Waals surface area (Å²) in [5.41, 5.74) is -0.341. The average molecular weight is 985 g/mol. The molecule has 17 nitrogen and oxygen atoms in total. The molecule has 0 amide bonds. The van der Waals surface area contributed by atoms with Crippen LogP contribution in [0.3, 0.4) is 0 Å². The van der Waals surface area contributed by atoms with Gasteiger partial charge >= 0.3 is 5.97 Å². The molecule has 1 aliphatic rings. The lowest BCUT2D eigenvalue weighted by Gasteiger charge is -2.33. The molecule has 2 N–H and O–H groups in total. The van der Waals surface area contributed by atoms with Gasteiger partial charge in [0.15, 0.2) is 0 Å². The molecule has 2 unspecified atom stereocenters. The van der Waals surface area contributed by atoms with E-state index in [0.717, 1.165) is 19.3 Å². The zero-order valence-corrected chi connectivity index (χ0v) is 42.8. The molecule has 0 spiro atoms. The molecule has 2 atom stereocenters. The lowest BCUT2D eigenvalue weighted by atomic mass is 9.74. The molecule has 0 radical (unpaired) electrons. The van der Waals surface area contributed by atoms with Crippen molar-refractivity contribution in [1.82, 2.24) is 0 Å². The van der Waals surface area contributed by atoms with E-state index in [0.29, 0.717) is 191 Å². The van der Waals surface area contributed by atoms with E-state index < -0.39 is 0 Å². The number of rotatable bonds is 58. The van der Waals surface area contributed by atoms with Gasteiger partial charge in [-0.15, -0.1) is 0 Å². The third-order valence-electron chi connectivity index (χ3n) is 11.6. The molecule has 406 valence electrons. The molecule has 1 fully saturated rings. The second kappa shape index (κ2) is 53.7. The number of carbonyl (C=O) groups is 1. The lowest BCUT2D eigenvalue weighted by molar-refractivity contribution is -0.149. The number of hydrogen-bond acceptors (Lipinski definition) is 17. The quantitative estimate of drug-likeness (QED) is 0.0504. The van der Waals surface area contributed by atoms with Gasteiger partial charge in [-0.25, -0.2) is 0 Å². The molecule has 0 saturated carbocycles. The molecule has 1 rings (SSSR count). The van der Waals surface area contributed by atoms with E-state index in [1.165, 1.54) is 83.5 Å². The largest absolute Gasteiger partial charge is 0.465 e. The molecule has 1 heterocycles. The molecule has 17 heteroatoms. The number of hydrogen-bond donors (Lipinski definition) is 2. The highest BCUT2D eigenvalue weighted by Gasteiger charge is 2.44. The summed E-state index contributed by atoms with van der Waals surface area (Å²) in [6, 6.07) is 0. The number of unbranched alkanes of at least 4 members (excludes halogenated alkanes) is 14. The number of esters is 1. The van der Waals surface area contributed by atoms with Crippen molar-refractivity contribution in [2.45, 2.75) is 122 Å². The molecular weight excluding hydrogens is 885 g/mol. The zero-order valence-electron chi connectivity index (χ0n) is 42.8. The monoisotopic (exact) mass is 985 g/mol. The first-order valence-corrected chi connectivity index (χ1v) is 26.6. The van der Waals surface area contributed by atoms with Crippen LogP contribution in [0.15, 0.2) is 0 Å². The van der Waals surface area contributed by atoms with Crippen molar-refractivity contribution < 1.29 is 81.3 Å². The number of carbonyl (C=O) groups excluding carboxylic acids is 1. The van der Waals surface area contributed by atoms with Gasteiger partial charge < -0.3 is 76.5 Å². The highest BCUT2D eigenvalue weighted by molar-refractivity contribution is 5.69. The van der Waals surface area contributed by atoms with Crippen LogP contribution in [0.5, 0.6) is 0 Å². The molecule has 0 bridgehead atoms. The first-order chi connectivity index (χ1) is 33.7. The molecular formula is C51H100O17. The van der Waals surface area contributed by atoms with Gasteiger partial charge in [-0.1, -0.05) is 96.8 Å². The van der Waals surface area contributed by atoms with Crippen LogP contribution in [-0.4, -0.2) is 208 Å². The molecule has 0 aromatic rings. The molecule has 0 aromatic carbocycles. The van der Waals surface area contributed by atoms with Crippen molar-refractivity contribution in [3.63, 3.8) is 0 Å². The van der Waals surface area contributed by atoms with Gasteiger partial charge in [0.1, 0.15) is 0 Å². The number of aliphatic hydroxyl groups excluding tert-OH is 2. The van der Waals surface area contributed by atoms with Crippen molar-refractivity contribution in [2.75, 3.05) is 192 Å². The third-order valence-corrected chi connectivity index (χ3v) is 11.6. The Kier molecular flexibility index (Phi) is 51.2. The van der Waals surface area contributed by atoms with E-state index in [1.807, 2.05) is 0 Å². The van der Waals surface area contributed by atoms with Gasteiger partial charge in [-0.3, -0.25) is 4.79 Å². The van der Waals surface area contributed by atoms with E-state index in [1.54, 1.807) is 0 Å². The smallest absolute Gasteiger partial charge is 0.305 e. The number of aliphatic hydroxyl groups is 2. The minimum atomic E-state index is -0.341. The Bertz CT molecular complexity index is 1000. The summed E-state index contributed by atoms with van der Waals surface area (Å²) in [5, 5.41) is 17.4. The van der Waals surface area contributed by atoms with Gasteiger partial charge in [-0.05, 0) is 25.2 Å². The fourth-order valence-corrected chi connectivity index (χ4v) is 7.57. The topological polar surface area (TPSA) is 187 Å². The van der Waals surface area contributed by atoms with Crippen LogP contribution in [-0.2, 0) is 71.1 Å². The average Bonchev–Trinajstić information content (AvgIpc) is 3.75. The first-order valence-electron chi connectivity index (χ1n) is 26.6. The highest BCUT2D eigenvalue weighted by atomic mass is 16.6. The standard InChI is InChI=1S/C51H100O17/c1-2-3-4-5-6-7-8-9-10-11-12-13-14-15-16-17-50(54)68-48-51(19-23-56-27-31-60-35-39-64-43-45-66-41-37-62-33-29-58-25-21-53)47-67-46-49(51)18-22-55-26-30-59-34-38-63-42-44-65-40-36-61-32-28-57-24-20-52/h49,52-53H,2-48H2,1H3. The Morgan fingerprint density at radius 1 is 0.426 bits per heavy atom. The van der Waals surface area contributed by atoms with Crippen molar-refractivity contribution >= 4 is 5.97 Å². The Balaban J connectivity index is 2.28. The summed E-state index contributed by atoms with van der Waals surface area (Å²) < 4.78 is 78.6. The van der Waals surface area contributed by atoms with Crippen LogP contribution in [0.25, 0.3) is 0 Å². The first kappa shape index (κ1) is 64.9. The van der Waals surface area contributed by atoms with Crippen LogP contribution in [0.4, 0.5) is 0 Å². The van der Waals surface area contributed by atoms with Crippen molar-refractivity contribution in [3.05, 3.63) is 0 Å². The SMILES string of the molecule is CCCCCCCCCCCCCCCCCC(=O)OCC1(CCOCCOCCOCCOCCOCCOCCO)COCC1CCOCCOCCOCCOCCOCCOCCO. The van der Waals surface area contributed by atoms with Gasteiger partial charge in [0.2, 0.25) is 0 Å². The van der Waals surface area contributed by atoms with Crippen molar-refractivity contribution in [3.8, 4) is 0 Å². The van der Waals surface area contributed by atoms with Crippen molar-refractivity contribution in [1.29, 1.82) is 0 Å². The minimum Gasteiger partial charge on any atom is -0.465 e. The van der Waals surface area contributed by atoms with E-state index in [4.69, 9.17) is 76.5 Å². The second-order valence-corrected chi connectivity index (χ2v) is 17.3. The van der Waals surface area contributed by atoms with E-state index in [9.17, 15) is 4.79 Å². The van der Waals surface area contributed by atoms with Crippen LogP contribution < -0.4 is 0 Å². The summed E-state index contributed by atoms with van der Waals surface area (Å²) in [4.78, 5) is 13.0. The van der Waals surface area contributed by atoms with E-state index in [-0.39, 0.29) is 30.5 Å². The molecule has 1 saturated heterocycles. The lowest BCUT2D eigenvalue weighted by Crippen LogP contribution is -2.37. The molecule has 0 aliphatic carbocycles. The summed E-state index contributed by atoms with van der Waals surface area (Å²) in [7, 11) is 0. The van der Waals surface area contributed by atoms with Gasteiger partial charge in [0, 0.05) is 25.0 Å². The van der Waals surface area contributed by atoms with E-state index in [2.05, 4.69) is 6.92 Å². The van der Waals surface area contributed by atoms with Gasteiger partial charge in [-0.2, -0.15) is 0 Å². The van der Waals surface area contributed by atoms with Crippen LogP contribution >= 0.6 is 0 Å². The summed E-state index contributed by atoms with van der Waals surface area (Å²) in [6.07, 6.45) is 21.3. The second-order valence-electron chi connectivity index (χ2n) is 17.3. The van der Waals surface area contributed by atoms with Crippen LogP contribution in [0.1, 0.15) is 122 Å². The van der Waals surface area contributed by atoms with Crippen LogP contribution in [0, 0.1) is 11.3 Å². The maximum absolute atomic E-state index is 13.0. The predicted molar refractivity (Wildman–Crippen MR) is 260 cm³/mol. The highest BCUT2D eigenvalue weighted by Crippen LogP contribution is 2.40. The molecule has 68 heavy (non-hydrogen) atoms. The predicted octanol–water partition coefficient (Wildman–Crippen LogP) is 6.39. The minimum absolute atomic E-state index is 0.0128. The van der Waals surface area contributed by atoms with E-state index >= 15 is 0 Å². The van der Waals surface area contributed by atoms with Gasteiger partial charge in [0.25, 0.3) is 0 Å². The van der Waals surface area contributed by atoms with Gasteiger partial charge in [0.05, 0.1) is 178 Å². The normalized spacial score (nSPS) is 16.1. The summed E-state index contributed by atoms with van der Waals surface area (Å²) in [5.74, 6) is 0.0340. The molecule has 0 aromatic heterocycles. The Morgan fingerprint density at radius 3 is 1.09 bits per heavy atom. The fourth-order valence-electron chi connectivity index (χ4n) is 7.57. The summed E-state index contributed by atoms with van der Waals surface area (Å²) in [6.45, 7) is 14.9. The number of ether oxygens (including phenoxy) is 14. The molecule has 1 aliphatic heterocycles. The Morgan fingerprint density at radius 2 is 0.735 bits per heavy atom. The third kappa shape index (κ3) is 43.6. The maximum Gasteiger partial charge on any atom is 0.305 e. The fraction of sp³-hybridized carbons (Fsp3) is 0.980. The van der Waals surface area contributed by atoms with Crippen molar-refractivity contribution in [2.24, 2.45) is 11.3 Å². The Labute approximate surface area is 411 Å². The summed E-state index contributed by atoms with van der Waals surface area (Å²) >= 11 is 0. The maximum atomic E-state index is 13.0. The Hall–Kier alpha value is -1.13. The zero-order chi connectivity index (χ0) is 48.8.